The van der Waals surface area contributed by atoms with Crippen molar-refractivity contribution < 1.29 is 4.79 Å². The van der Waals surface area contributed by atoms with Gasteiger partial charge in [-0.05, 0) is 18.9 Å². The van der Waals surface area contributed by atoms with Crippen molar-refractivity contribution in [3.8, 4) is 0 Å². The Balaban J connectivity index is 2.01. The maximum Gasteiger partial charge on any atom is 0.220 e. The fraction of sp³-hybridized carbons (Fsp3) is 0.455. The number of rotatable bonds is 2. The molecule has 86 valence electrons. The summed E-state index contributed by atoms with van der Waals surface area (Å²) in [4.78, 5) is 17.3. The van der Waals surface area contributed by atoms with Crippen LogP contribution in [0, 0.1) is 5.92 Å². The first-order chi connectivity index (χ1) is 7.66. The molecule has 1 aromatic rings. The van der Waals surface area contributed by atoms with Crippen molar-refractivity contribution >= 4 is 17.3 Å². The van der Waals surface area contributed by atoms with Crippen molar-refractivity contribution in [2.45, 2.75) is 12.8 Å². The van der Waals surface area contributed by atoms with E-state index in [2.05, 4.69) is 9.88 Å². The van der Waals surface area contributed by atoms with E-state index in [1.807, 2.05) is 6.07 Å². The van der Waals surface area contributed by atoms with Gasteiger partial charge in [0.2, 0.25) is 5.91 Å². The molecule has 5 nitrogen and oxygen atoms in total. The molecule has 0 radical (unpaired) electrons. The summed E-state index contributed by atoms with van der Waals surface area (Å²) in [6.45, 7) is 1.66. The van der Waals surface area contributed by atoms with Crippen LogP contribution in [0.3, 0.4) is 0 Å². The Labute approximate surface area is 94.4 Å². The molecule has 1 saturated heterocycles. The highest BCUT2D eigenvalue weighted by molar-refractivity contribution is 5.77. The number of aromatic nitrogens is 1. The third-order valence-electron chi connectivity index (χ3n) is 3.01. The van der Waals surface area contributed by atoms with E-state index >= 15 is 0 Å². The van der Waals surface area contributed by atoms with E-state index in [9.17, 15) is 4.79 Å². The standard InChI is InChI=1S/C11H16N4O/c12-9-5-10(7-14-6-9)15-3-1-8(2-4-15)11(13)16/h5-8H,1-4,12H2,(H2,13,16). The van der Waals surface area contributed by atoms with Gasteiger partial charge in [0.25, 0.3) is 0 Å². The second-order valence-corrected chi connectivity index (χ2v) is 4.14. The van der Waals surface area contributed by atoms with Crippen LogP contribution in [-0.4, -0.2) is 24.0 Å². The van der Waals surface area contributed by atoms with Gasteiger partial charge in [0.05, 0.1) is 17.6 Å². The number of primary amides is 1. The lowest BCUT2D eigenvalue weighted by atomic mass is 9.96. The van der Waals surface area contributed by atoms with Crippen LogP contribution in [0.5, 0.6) is 0 Å². The van der Waals surface area contributed by atoms with E-state index in [-0.39, 0.29) is 11.8 Å². The van der Waals surface area contributed by atoms with Crippen LogP contribution < -0.4 is 16.4 Å². The maximum atomic E-state index is 11.0. The Hall–Kier alpha value is -1.78. The molecule has 2 heterocycles. The first-order valence-electron chi connectivity index (χ1n) is 5.41. The van der Waals surface area contributed by atoms with Gasteiger partial charge in [0, 0.05) is 25.2 Å². The molecule has 1 aliphatic heterocycles. The van der Waals surface area contributed by atoms with Gasteiger partial charge in [0.15, 0.2) is 0 Å². The van der Waals surface area contributed by atoms with Crippen LogP contribution in [0.4, 0.5) is 11.4 Å². The first-order valence-corrected chi connectivity index (χ1v) is 5.41. The number of anilines is 2. The van der Waals surface area contributed by atoms with Crippen LogP contribution in [0.1, 0.15) is 12.8 Å². The number of hydrogen-bond acceptors (Lipinski definition) is 4. The quantitative estimate of drug-likeness (QED) is 0.753. The zero-order valence-corrected chi connectivity index (χ0v) is 9.10. The molecule has 1 fully saturated rings. The minimum Gasteiger partial charge on any atom is -0.397 e. The molecule has 0 saturated carbocycles. The number of nitrogens with two attached hydrogens (primary N) is 2. The lowest BCUT2D eigenvalue weighted by Gasteiger charge is -2.32. The van der Waals surface area contributed by atoms with Gasteiger partial charge in [-0.1, -0.05) is 0 Å². The predicted octanol–water partition coefficient (Wildman–Crippen LogP) is 0.365. The summed E-state index contributed by atoms with van der Waals surface area (Å²) in [7, 11) is 0. The summed E-state index contributed by atoms with van der Waals surface area (Å²) < 4.78 is 0. The highest BCUT2D eigenvalue weighted by Crippen LogP contribution is 2.23. The highest BCUT2D eigenvalue weighted by Gasteiger charge is 2.23. The smallest absolute Gasteiger partial charge is 0.220 e. The van der Waals surface area contributed by atoms with Crippen molar-refractivity contribution in [3.05, 3.63) is 18.5 Å². The molecule has 16 heavy (non-hydrogen) atoms. The second-order valence-electron chi connectivity index (χ2n) is 4.14. The minimum atomic E-state index is -0.189. The Kier molecular flexibility index (Phi) is 2.94. The van der Waals surface area contributed by atoms with Crippen molar-refractivity contribution in [2.75, 3.05) is 23.7 Å². The van der Waals surface area contributed by atoms with Crippen molar-refractivity contribution in [2.24, 2.45) is 11.7 Å². The Morgan fingerprint density at radius 3 is 2.62 bits per heavy atom. The average molecular weight is 220 g/mol. The lowest BCUT2D eigenvalue weighted by Crippen LogP contribution is -2.38. The monoisotopic (exact) mass is 220 g/mol. The molecule has 1 amide bonds. The summed E-state index contributed by atoms with van der Waals surface area (Å²) in [5, 5.41) is 0. The maximum absolute atomic E-state index is 11.0. The summed E-state index contributed by atoms with van der Waals surface area (Å²) in [6.07, 6.45) is 5.04. The molecule has 1 aromatic heterocycles. The minimum absolute atomic E-state index is 0.0188. The fourth-order valence-electron chi connectivity index (χ4n) is 2.04. The molecule has 1 aliphatic rings. The summed E-state index contributed by atoms with van der Waals surface area (Å²) in [5.41, 5.74) is 12.6. The molecule has 0 spiro atoms. The van der Waals surface area contributed by atoms with Crippen molar-refractivity contribution in [1.82, 2.24) is 4.98 Å². The van der Waals surface area contributed by atoms with Gasteiger partial charge in [-0.3, -0.25) is 9.78 Å². The SMILES string of the molecule is NC(=O)C1CCN(c2cncc(N)c2)CC1. The van der Waals surface area contributed by atoms with Gasteiger partial charge < -0.3 is 16.4 Å². The number of hydrogen-bond donors (Lipinski definition) is 2. The zero-order valence-electron chi connectivity index (χ0n) is 9.10. The molecule has 2 rings (SSSR count). The van der Waals surface area contributed by atoms with Gasteiger partial charge in [-0.2, -0.15) is 0 Å². The van der Waals surface area contributed by atoms with Crippen LogP contribution in [0.15, 0.2) is 18.5 Å². The van der Waals surface area contributed by atoms with E-state index in [4.69, 9.17) is 11.5 Å². The van der Waals surface area contributed by atoms with E-state index in [0.717, 1.165) is 31.6 Å². The van der Waals surface area contributed by atoms with Crippen LogP contribution in [0.25, 0.3) is 0 Å². The summed E-state index contributed by atoms with van der Waals surface area (Å²) >= 11 is 0. The molecule has 0 aliphatic carbocycles. The number of carbonyl (C=O) groups excluding carboxylic acids is 1. The molecular weight excluding hydrogens is 204 g/mol. The zero-order chi connectivity index (χ0) is 11.5. The van der Waals surface area contributed by atoms with E-state index in [1.54, 1.807) is 12.4 Å². The topological polar surface area (TPSA) is 85.2 Å². The molecule has 0 aromatic carbocycles. The number of pyridine rings is 1. The molecule has 0 bridgehead atoms. The first kappa shape index (κ1) is 10.7. The average Bonchev–Trinajstić information content (AvgIpc) is 2.29. The van der Waals surface area contributed by atoms with Crippen LogP contribution >= 0.6 is 0 Å². The lowest BCUT2D eigenvalue weighted by molar-refractivity contribution is -0.122. The molecule has 0 unspecified atom stereocenters. The van der Waals surface area contributed by atoms with E-state index < -0.39 is 0 Å². The number of nitrogens with zero attached hydrogens (tertiary/aromatic N) is 2. The van der Waals surface area contributed by atoms with E-state index in [0.29, 0.717) is 5.69 Å². The number of nitrogen functional groups attached to an aromatic ring is 1. The second kappa shape index (κ2) is 4.38. The summed E-state index contributed by atoms with van der Waals surface area (Å²) in [6, 6.07) is 1.90. The largest absolute Gasteiger partial charge is 0.397 e. The van der Waals surface area contributed by atoms with Crippen molar-refractivity contribution in [3.63, 3.8) is 0 Å². The third kappa shape index (κ3) is 2.24. The molecule has 4 N–H and O–H groups in total. The number of amides is 1. The van der Waals surface area contributed by atoms with Crippen LogP contribution in [-0.2, 0) is 4.79 Å². The molecule has 0 atom stereocenters. The Bertz CT molecular complexity index is 385. The number of carbonyl (C=O) groups is 1. The van der Waals surface area contributed by atoms with Gasteiger partial charge in [-0.25, -0.2) is 0 Å². The van der Waals surface area contributed by atoms with E-state index in [1.165, 1.54) is 0 Å². The predicted molar refractivity (Wildman–Crippen MR) is 62.8 cm³/mol. The Morgan fingerprint density at radius 2 is 2.06 bits per heavy atom. The van der Waals surface area contributed by atoms with Gasteiger partial charge >= 0.3 is 0 Å². The molecule has 5 heteroatoms. The van der Waals surface area contributed by atoms with Gasteiger partial charge in [0.1, 0.15) is 0 Å². The van der Waals surface area contributed by atoms with Crippen molar-refractivity contribution in [1.29, 1.82) is 0 Å². The summed E-state index contributed by atoms with van der Waals surface area (Å²) in [5.74, 6) is -0.171. The van der Waals surface area contributed by atoms with Crippen LogP contribution in [0.2, 0.25) is 0 Å². The molecular formula is C11H16N4O. The third-order valence-corrected chi connectivity index (χ3v) is 3.01. The number of piperidine rings is 1. The van der Waals surface area contributed by atoms with Gasteiger partial charge in [-0.15, -0.1) is 0 Å². The normalized spacial score (nSPS) is 17.4. The fourth-order valence-corrected chi connectivity index (χ4v) is 2.04. The Morgan fingerprint density at radius 1 is 1.38 bits per heavy atom. The highest BCUT2D eigenvalue weighted by atomic mass is 16.1.